The second-order valence-electron chi connectivity index (χ2n) is 24.8. The van der Waals surface area contributed by atoms with Crippen molar-refractivity contribution in [1.82, 2.24) is 63.7 Å². The Morgan fingerprint density at radius 1 is 0.663 bits per heavy atom. The van der Waals surface area contributed by atoms with Gasteiger partial charge in [-0.1, -0.05) is 50.3 Å². The third kappa shape index (κ3) is 27.7. The van der Waals surface area contributed by atoms with Crippen LogP contribution >= 0.6 is 0 Å². The Morgan fingerprint density at radius 2 is 1.22 bits per heavy atom. The molecule has 2 heterocycles. The van der Waals surface area contributed by atoms with Gasteiger partial charge in [-0.05, 0) is 151 Å². The molecular weight excluding hydrogens is 1230 g/mol. The molecule has 95 heavy (non-hydrogen) atoms. The second-order valence-corrected chi connectivity index (χ2v) is 24.8. The predicted molar refractivity (Wildman–Crippen MR) is 356 cm³/mol. The van der Waals surface area contributed by atoms with Crippen LogP contribution in [0.25, 0.3) is 10.9 Å². The van der Waals surface area contributed by atoms with Gasteiger partial charge in [-0.3, -0.25) is 77.8 Å². The summed E-state index contributed by atoms with van der Waals surface area (Å²) < 4.78 is 0. The molecule has 8 amide bonds. The molecule has 3 rings (SSSR count). The molecule has 0 bridgehead atoms. The minimum atomic E-state index is -1.75. The summed E-state index contributed by atoms with van der Waals surface area (Å²) in [5, 5.41) is 25.4. The number of amides is 8. The maximum Gasteiger partial charge on any atom is 0.246 e. The largest absolute Gasteiger partial charge is 0.370 e. The summed E-state index contributed by atoms with van der Waals surface area (Å²) >= 11 is 0. The van der Waals surface area contributed by atoms with Crippen LogP contribution in [0.5, 0.6) is 0 Å². The number of primary amides is 2. The first-order valence-corrected chi connectivity index (χ1v) is 32.0. The first-order chi connectivity index (χ1) is 44.6. The highest BCUT2D eigenvalue weighted by Crippen LogP contribution is 2.22. The molecule has 0 spiro atoms. The quantitative estimate of drug-likeness (QED) is 0.0303. The standard InChI is InChI=1S/C65H96N14O14.CH5N/c1-36(2)30-46-34-69-49(26-27-52(66)82)56(86)54(84)39(5)73-62(92)50(31-45-33-68-48-25-21-20-24-47(45)48)70-35-51(81)64(11,71-32-37(3)80)28-22-18-16-14-13-15-17-19-23-29-65(12,77-61(46)91)63(93)76-44(10)60(90)75-43(9)59(89)74-42(8)58(88)72-38(4)53(83)55(85)40(6)78-79-41(7)57(67)87;1-2/h20-21,24-25,33,36,38-44,46,49-50,68-71,78-79H,16,18-19,22-23,26-32,34-35H2,1-12H3,(H2,66,82)(H2,67,87)(H,72,88)(H,73,92)(H,74,89)(H,75,90)(H,76,93)(H,77,91);2H2,1H3/t38-,39?,40-,41+,42?,43-,44?,46+,49-,50-,64+,65-;/m0./s1. The molecule has 0 fully saturated rings. The van der Waals surface area contributed by atoms with Crippen LogP contribution in [0.4, 0.5) is 0 Å². The fourth-order valence-electron chi connectivity index (χ4n) is 9.84. The number of hydrogen-bond acceptors (Lipinski definition) is 20. The highest BCUT2D eigenvalue weighted by atomic mass is 16.2. The molecule has 0 radical (unpaired) electrons. The van der Waals surface area contributed by atoms with Gasteiger partial charge < -0.3 is 59.4 Å². The van der Waals surface area contributed by atoms with Gasteiger partial charge >= 0.3 is 0 Å². The van der Waals surface area contributed by atoms with Crippen LogP contribution in [-0.4, -0.2) is 179 Å². The summed E-state index contributed by atoms with van der Waals surface area (Å²) in [6.07, 6.45) is 3.51. The number of carbonyl (C=O) groups is 14. The highest BCUT2D eigenvalue weighted by Gasteiger charge is 2.40. The van der Waals surface area contributed by atoms with Crippen molar-refractivity contribution in [2.45, 2.75) is 219 Å². The number of fused-ring (bicyclic) bond motifs is 1. The summed E-state index contributed by atoms with van der Waals surface area (Å²) in [6.45, 7) is 16.9. The lowest BCUT2D eigenvalue weighted by molar-refractivity contribution is -0.140. The zero-order chi connectivity index (χ0) is 71.9. The minimum Gasteiger partial charge on any atom is -0.370 e. The van der Waals surface area contributed by atoms with Crippen molar-refractivity contribution in [3.63, 3.8) is 0 Å². The number of Topliss-reactive ketones (excluding diaryl/α,β-unsaturated/α-hetero) is 6. The first kappa shape index (κ1) is 82.5. The van der Waals surface area contributed by atoms with Crippen LogP contribution in [0.3, 0.4) is 0 Å². The molecule has 0 aliphatic carbocycles. The third-order valence-corrected chi connectivity index (χ3v) is 15.9. The van der Waals surface area contributed by atoms with Gasteiger partial charge in [0.25, 0.3) is 0 Å². The average Bonchev–Trinajstić information content (AvgIpc) is 1.83. The molecule has 0 saturated heterocycles. The van der Waals surface area contributed by atoms with E-state index in [2.05, 4.69) is 93.1 Å². The van der Waals surface area contributed by atoms with E-state index in [9.17, 15) is 67.1 Å². The van der Waals surface area contributed by atoms with Crippen LogP contribution in [0.15, 0.2) is 30.5 Å². The lowest BCUT2D eigenvalue weighted by Gasteiger charge is -2.33. The number of ketones is 6. The maximum atomic E-state index is 14.6. The smallest absolute Gasteiger partial charge is 0.246 e. The summed E-state index contributed by atoms with van der Waals surface area (Å²) in [7, 11) is 1.50. The fourth-order valence-corrected chi connectivity index (χ4v) is 9.84. The number of hydrogen-bond donors (Lipinski definition) is 15. The average molecular weight is 1330 g/mol. The molecule has 18 N–H and O–H groups in total. The SMILES string of the molecule is CC(=O)CN[C@]1(C)CCCCC#CC#CCCC[C@@](C)(C(=O)NC(C)C(=O)N[C@@H](C)C(=O)NC(C)C(=O)N[C@@H](C)C(=O)C(=O)[C@H](C)NN[C@H](C)C(N)=O)NC(=O)[C@H](CC(C)C)CN[C@@H](CCC(N)=O)C(=O)C(=O)C(C)NC(=O)[C@H](Cc2c[nH]c3ccccc23)NCC1=O.CN. The Balaban J connectivity index is 0.0000152. The van der Waals surface area contributed by atoms with E-state index < -0.39 is 142 Å². The number of aromatic amines is 1. The van der Waals surface area contributed by atoms with E-state index in [1.807, 2.05) is 38.1 Å². The monoisotopic (exact) mass is 1330 g/mol. The molecular formula is C66H101N15O14. The van der Waals surface area contributed by atoms with Crippen LogP contribution in [-0.2, 0) is 73.5 Å². The van der Waals surface area contributed by atoms with Crippen LogP contribution < -0.4 is 75.9 Å². The van der Waals surface area contributed by atoms with Crippen molar-refractivity contribution in [2.75, 3.05) is 26.7 Å². The molecule has 3 unspecified atom stereocenters. The Kier molecular flexibility index (Phi) is 35.3. The van der Waals surface area contributed by atoms with Crippen molar-refractivity contribution in [3.05, 3.63) is 36.0 Å². The summed E-state index contributed by atoms with van der Waals surface area (Å²) in [4.78, 5) is 190. The van der Waals surface area contributed by atoms with E-state index in [-0.39, 0.29) is 82.1 Å². The van der Waals surface area contributed by atoms with E-state index >= 15 is 0 Å². The summed E-state index contributed by atoms with van der Waals surface area (Å²) in [6, 6.07) is -3.77. The second kappa shape index (κ2) is 40.6. The molecule has 2 aromatic rings. The van der Waals surface area contributed by atoms with Gasteiger partial charge in [-0.2, -0.15) is 0 Å². The number of para-hydroxylation sites is 1. The van der Waals surface area contributed by atoms with E-state index in [0.29, 0.717) is 31.2 Å². The zero-order valence-electron chi connectivity index (χ0n) is 57.1. The van der Waals surface area contributed by atoms with Crippen molar-refractivity contribution >= 4 is 92.9 Å². The van der Waals surface area contributed by atoms with Gasteiger partial charge in [-0.25, -0.2) is 10.9 Å². The Hall–Kier alpha value is -8.58. The third-order valence-electron chi connectivity index (χ3n) is 15.9. The lowest BCUT2D eigenvalue weighted by atomic mass is 9.89. The van der Waals surface area contributed by atoms with Crippen LogP contribution in [0, 0.1) is 35.5 Å². The number of aromatic nitrogens is 1. The highest BCUT2D eigenvalue weighted by molar-refractivity contribution is 6.41. The van der Waals surface area contributed by atoms with Crippen molar-refractivity contribution in [2.24, 2.45) is 29.0 Å². The van der Waals surface area contributed by atoms with E-state index in [4.69, 9.17) is 11.5 Å². The Morgan fingerprint density at radius 3 is 1.80 bits per heavy atom. The Labute approximate surface area is 556 Å². The molecule has 0 saturated carbocycles. The van der Waals surface area contributed by atoms with Gasteiger partial charge in [0.2, 0.25) is 70.4 Å². The van der Waals surface area contributed by atoms with Crippen LogP contribution in [0.2, 0.25) is 0 Å². The molecule has 12 atom stereocenters. The van der Waals surface area contributed by atoms with Crippen molar-refractivity contribution < 1.29 is 67.1 Å². The predicted octanol–water partition coefficient (Wildman–Crippen LogP) is -1.58. The number of nitrogens with two attached hydrogens (primary N) is 3. The van der Waals surface area contributed by atoms with Crippen molar-refractivity contribution in [1.29, 1.82) is 0 Å². The number of carbonyl (C=O) groups excluding carboxylic acids is 14. The van der Waals surface area contributed by atoms with Gasteiger partial charge in [0.05, 0.1) is 60.8 Å². The molecule has 524 valence electrons. The number of benzene rings is 1. The van der Waals surface area contributed by atoms with Gasteiger partial charge in [0.1, 0.15) is 29.4 Å². The number of rotatable bonds is 25. The first-order valence-electron chi connectivity index (χ1n) is 32.0. The molecule has 1 aromatic carbocycles. The Bertz CT molecular complexity index is 3200. The van der Waals surface area contributed by atoms with Gasteiger partial charge in [-0.15, -0.1) is 0 Å². The lowest BCUT2D eigenvalue weighted by Crippen LogP contribution is -2.62. The molecule has 1 aliphatic rings. The van der Waals surface area contributed by atoms with E-state index in [1.165, 1.54) is 69.4 Å². The zero-order valence-corrected chi connectivity index (χ0v) is 57.1. The fraction of sp³-hybridized carbons (Fsp3) is 0.606. The van der Waals surface area contributed by atoms with Crippen molar-refractivity contribution in [3.8, 4) is 23.7 Å². The summed E-state index contributed by atoms with van der Waals surface area (Å²) in [5.74, 6) is -0.240. The van der Waals surface area contributed by atoms with Gasteiger partial charge in [0, 0.05) is 42.9 Å². The molecule has 29 heteroatoms. The van der Waals surface area contributed by atoms with E-state index in [1.54, 1.807) is 13.1 Å². The minimum absolute atomic E-state index is 0.0332. The molecule has 1 aliphatic heterocycles. The van der Waals surface area contributed by atoms with Gasteiger partial charge in [0.15, 0.2) is 5.78 Å². The number of nitrogens with one attached hydrogen (secondary N) is 12. The van der Waals surface area contributed by atoms with E-state index in [0.717, 1.165) is 10.9 Å². The molecule has 1 aromatic heterocycles. The maximum absolute atomic E-state index is 14.6. The summed E-state index contributed by atoms with van der Waals surface area (Å²) in [5.41, 5.74) is 18.8. The topological polar surface area (TPSA) is 465 Å². The number of H-pyrrole nitrogens is 1. The normalized spacial score (nSPS) is 22.5. The van der Waals surface area contributed by atoms with Crippen LogP contribution in [0.1, 0.15) is 153 Å². The number of hydrazine groups is 1. The molecule has 29 nitrogen and oxygen atoms in total.